The highest BCUT2D eigenvalue weighted by atomic mass is 127. The molecule has 7 heteroatoms. The summed E-state index contributed by atoms with van der Waals surface area (Å²) in [4.78, 5) is 16.3. The fourth-order valence-electron chi connectivity index (χ4n) is 2.49. The van der Waals surface area contributed by atoms with Crippen molar-refractivity contribution in [2.45, 2.75) is 51.8 Å². The summed E-state index contributed by atoms with van der Waals surface area (Å²) in [5.41, 5.74) is 1.80. The first-order chi connectivity index (χ1) is 11.4. The van der Waals surface area contributed by atoms with Gasteiger partial charge in [-0.1, -0.05) is 12.1 Å². The van der Waals surface area contributed by atoms with Gasteiger partial charge in [0.15, 0.2) is 5.96 Å². The van der Waals surface area contributed by atoms with Crippen molar-refractivity contribution < 1.29 is 9.53 Å². The molecule has 2 rings (SSSR count). The van der Waals surface area contributed by atoms with Crippen LogP contribution in [0.4, 0.5) is 5.69 Å². The minimum Gasteiger partial charge on any atom is -0.368 e. The Morgan fingerprint density at radius 2 is 2.12 bits per heavy atom. The van der Waals surface area contributed by atoms with E-state index in [1.807, 2.05) is 24.3 Å². The Bertz CT molecular complexity index is 593. The number of ether oxygens (including phenoxy) is 1. The zero-order chi connectivity index (χ0) is 17.6. The Balaban J connectivity index is 0.00000312. The number of benzene rings is 1. The normalized spacial score (nSPS) is 17.6. The maximum Gasteiger partial charge on any atom is 0.253 e. The largest absolute Gasteiger partial charge is 0.368 e. The SMILES string of the molecule is CN=C(NCc1cccc(NC(=O)C2CCCO2)c1)NC(C)(C)C.I. The zero-order valence-corrected chi connectivity index (χ0v) is 17.7. The molecule has 1 aromatic rings. The topological polar surface area (TPSA) is 74.8 Å². The summed E-state index contributed by atoms with van der Waals surface area (Å²) in [6.07, 6.45) is 1.42. The van der Waals surface area contributed by atoms with Crippen LogP contribution >= 0.6 is 24.0 Å². The zero-order valence-electron chi connectivity index (χ0n) is 15.4. The minimum absolute atomic E-state index is 0. The van der Waals surface area contributed by atoms with E-state index in [1.54, 1.807) is 7.05 Å². The van der Waals surface area contributed by atoms with Crippen LogP contribution < -0.4 is 16.0 Å². The lowest BCUT2D eigenvalue weighted by atomic mass is 10.1. The lowest BCUT2D eigenvalue weighted by Gasteiger charge is -2.23. The molecule has 0 saturated carbocycles. The number of nitrogens with zero attached hydrogens (tertiary/aromatic N) is 1. The first kappa shape index (κ1) is 21.7. The molecule has 1 fully saturated rings. The molecule has 1 unspecified atom stereocenters. The van der Waals surface area contributed by atoms with Crippen LogP contribution in [0, 0.1) is 0 Å². The van der Waals surface area contributed by atoms with Crippen LogP contribution in [-0.2, 0) is 16.1 Å². The summed E-state index contributed by atoms with van der Waals surface area (Å²) in [6.45, 7) is 7.55. The van der Waals surface area contributed by atoms with Gasteiger partial charge in [0.05, 0.1) is 0 Å². The van der Waals surface area contributed by atoms with E-state index in [-0.39, 0.29) is 41.5 Å². The Kier molecular flexibility index (Phi) is 8.64. The number of nitrogens with one attached hydrogen (secondary N) is 3. The number of carbonyl (C=O) groups is 1. The molecule has 1 heterocycles. The number of amides is 1. The summed E-state index contributed by atoms with van der Waals surface area (Å²) in [5.74, 6) is 0.680. The van der Waals surface area contributed by atoms with E-state index in [0.717, 1.165) is 30.1 Å². The molecule has 1 aromatic carbocycles. The molecule has 6 nitrogen and oxygen atoms in total. The highest BCUT2D eigenvalue weighted by Crippen LogP contribution is 2.16. The summed E-state index contributed by atoms with van der Waals surface area (Å²) in [6, 6.07) is 7.80. The molecule has 1 atom stereocenters. The van der Waals surface area contributed by atoms with Gasteiger partial charge in [-0.05, 0) is 51.3 Å². The van der Waals surface area contributed by atoms with E-state index in [1.165, 1.54) is 0 Å². The molecule has 140 valence electrons. The van der Waals surface area contributed by atoms with Gasteiger partial charge in [-0.3, -0.25) is 9.79 Å². The third kappa shape index (κ3) is 7.60. The average molecular weight is 460 g/mol. The summed E-state index contributed by atoms with van der Waals surface area (Å²) < 4.78 is 5.41. The molecule has 1 saturated heterocycles. The number of halogens is 1. The maximum atomic E-state index is 12.1. The molecule has 0 aliphatic carbocycles. The Hall–Kier alpha value is -1.35. The predicted molar refractivity (Wildman–Crippen MR) is 113 cm³/mol. The number of guanidine groups is 1. The molecule has 0 spiro atoms. The summed E-state index contributed by atoms with van der Waals surface area (Å²) >= 11 is 0. The van der Waals surface area contributed by atoms with E-state index < -0.39 is 0 Å². The number of hydrogen-bond donors (Lipinski definition) is 3. The second-order valence-electron chi connectivity index (χ2n) is 6.99. The molecule has 3 N–H and O–H groups in total. The van der Waals surface area contributed by atoms with Crippen molar-refractivity contribution in [1.29, 1.82) is 0 Å². The minimum atomic E-state index is -0.318. The Morgan fingerprint density at radius 1 is 1.36 bits per heavy atom. The van der Waals surface area contributed by atoms with Crippen LogP contribution in [0.5, 0.6) is 0 Å². The van der Waals surface area contributed by atoms with Gasteiger partial charge in [0.1, 0.15) is 6.10 Å². The highest BCUT2D eigenvalue weighted by molar-refractivity contribution is 14.0. The molecular weight excluding hydrogens is 431 g/mol. The molecule has 25 heavy (non-hydrogen) atoms. The molecule has 0 bridgehead atoms. The van der Waals surface area contributed by atoms with Gasteiger partial charge in [-0.2, -0.15) is 0 Å². The predicted octanol–water partition coefficient (Wildman–Crippen LogP) is 2.89. The standard InChI is InChI=1S/C18H28N4O2.HI/c1-18(2,3)22-17(19-4)20-12-13-7-5-8-14(11-13)21-16(23)15-9-6-10-24-15;/h5,7-8,11,15H,6,9-10,12H2,1-4H3,(H,21,23)(H2,19,20,22);1H. The van der Waals surface area contributed by atoms with Gasteiger partial charge in [-0.15, -0.1) is 24.0 Å². The number of anilines is 1. The molecule has 1 amide bonds. The Labute approximate surface area is 167 Å². The van der Waals surface area contributed by atoms with Gasteiger partial charge in [-0.25, -0.2) is 0 Å². The number of rotatable bonds is 4. The van der Waals surface area contributed by atoms with Crippen LogP contribution in [0.2, 0.25) is 0 Å². The van der Waals surface area contributed by atoms with Gasteiger partial charge in [0, 0.05) is 31.4 Å². The second kappa shape index (κ2) is 9.96. The number of carbonyl (C=O) groups excluding carboxylic acids is 1. The lowest BCUT2D eigenvalue weighted by Crippen LogP contribution is -2.47. The van der Waals surface area contributed by atoms with E-state index in [4.69, 9.17) is 4.74 Å². The second-order valence-corrected chi connectivity index (χ2v) is 6.99. The van der Waals surface area contributed by atoms with Crippen LogP contribution in [0.1, 0.15) is 39.2 Å². The quantitative estimate of drug-likeness (QED) is 0.367. The van der Waals surface area contributed by atoms with Crippen molar-refractivity contribution in [1.82, 2.24) is 10.6 Å². The van der Waals surface area contributed by atoms with Gasteiger partial charge in [0.25, 0.3) is 5.91 Å². The first-order valence-electron chi connectivity index (χ1n) is 8.37. The van der Waals surface area contributed by atoms with E-state index in [2.05, 4.69) is 41.7 Å². The van der Waals surface area contributed by atoms with Crippen molar-refractivity contribution in [2.75, 3.05) is 19.0 Å². The smallest absolute Gasteiger partial charge is 0.253 e. The van der Waals surface area contributed by atoms with Crippen molar-refractivity contribution in [3.05, 3.63) is 29.8 Å². The Morgan fingerprint density at radius 3 is 2.72 bits per heavy atom. The van der Waals surface area contributed by atoms with Gasteiger partial charge >= 0.3 is 0 Å². The van der Waals surface area contributed by atoms with Crippen molar-refractivity contribution in [3.8, 4) is 0 Å². The van der Waals surface area contributed by atoms with Crippen molar-refractivity contribution in [2.24, 2.45) is 4.99 Å². The first-order valence-corrected chi connectivity index (χ1v) is 8.37. The van der Waals surface area contributed by atoms with E-state index in [0.29, 0.717) is 13.2 Å². The highest BCUT2D eigenvalue weighted by Gasteiger charge is 2.23. The summed E-state index contributed by atoms with van der Waals surface area (Å²) in [5, 5.41) is 9.52. The molecule has 1 aliphatic heterocycles. The van der Waals surface area contributed by atoms with Crippen molar-refractivity contribution >= 4 is 41.5 Å². The van der Waals surface area contributed by atoms with E-state index in [9.17, 15) is 4.79 Å². The van der Waals surface area contributed by atoms with Gasteiger partial charge in [0.2, 0.25) is 0 Å². The third-order valence-electron chi connectivity index (χ3n) is 3.59. The van der Waals surface area contributed by atoms with E-state index >= 15 is 0 Å². The third-order valence-corrected chi connectivity index (χ3v) is 3.59. The van der Waals surface area contributed by atoms with Gasteiger partial charge < -0.3 is 20.7 Å². The number of hydrogen-bond acceptors (Lipinski definition) is 3. The van der Waals surface area contributed by atoms with Crippen LogP contribution in [-0.4, -0.2) is 37.2 Å². The van der Waals surface area contributed by atoms with Crippen LogP contribution in [0.15, 0.2) is 29.3 Å². The van der Waals surface area contributed by atoms with Crippen LogP contribution in [0.3, 0.4) is 0 Å². The molecule has 1 aliphatic rings. The molecule has 0 radical (unpaired) electrons. The maximum absolute atomic E-state index is 12.1. The van der Waals surface area contributed by atoms with Crippen molar-refractivity contribution in [3.63, 3.8) is 0 Å². The molecular formula is C18H29IN4O2. The lowest BCUT2D eigenvalue weighted by molar-refractivity contribution is -0.124. The number of aliphatic imine (C=N–C) groups is 1. The molecule has 0 aromatic heterocycles. The fraction of sp³-hybridized carbons (Fsp3) is 0.556. The average Bonchev–Trinajstić information content (AvgIpc) is 3.05. The summed E-state index contributed by atoms with van der Waals surface area (Å²) in [7, 11) is 1.75. The van der Waals surface area contributed by atoms with Crippen LogP contribution in [0.25, 0.3) is 0 Å². The fourth-order valence-corrected chi connectivity index (χ4v) is 2.49. The monoisotopic (exact) mass is 460 g/mol.